The van der Waals surface area contributed by atoms with E-state index in [9.17, 15) is 4.79 Å². The summed E-state index contributed by atoms with van der Waals surface area (Å²) in [5.41, 5.74) is 1.53. The van der Waals surface area contributed by atoms with Gasteiger partial charge in [-0.05, 0) is 38.0 Å². The number of methoxy groups -OCH3 is 1. The van der Waals surface area contributed by atoms with Gasteiger partial charge < -0.3 is 15.0 Å². The van der Waals surface area contributed by atoms with Gasteiger partial charge in [0, 0.05) is 25.7 Å². The van der Waals surface area contributed by atoms with Crippen molar-refractivity contribution in [1.29, 1.82) is 0 Å². The molecule has 0 saturated heterocycles. The second-order valence-electron chi connectivity index (χ2n) is 5.29. The molecule has 0 spiro atoms. The Balaban J connectivity index is 1.91. The molecule has 24 heavy (non-hydrogen) atoms. The van der Waals surface area contributed by atoms with Crippen LogP contribution in [0.2, 0.25) is 0 Å². The SMILES string of the molecule is CCN(CC)c1cc(C(=O)NCCc2ccc(OC)cc2)ncn1. The first-order chi connectivity index (χ1) is 11.7. The van der Waals surface area contributed by atoms with Crippen LogP contribution in [0.25, 0.3) is 0 Å². The van der Waals surface area contributed by atoms with E-state index in [2.05, 4.69) is 34.0 Å². The van der Waals surface area contributed by atoms with E-state index in [0.717, 1.165) is 36.6 Å². The quantitative estimate of drug-likeness (QED) is 0.805. The lowest BCUT2D eigenvalue weighted by molar-refractivity contribution is 0.0949. The molecule has 2 rings (SSSR count). The first kappa shape index (κ1) is 17.7. The van der Waals surface area contributed by atoms with E-state index in [0.29, 0.717) is 12.2 Å². The average Bonchev–Trinajstić information content (AvgIpc) is 2.63. The number of carbonyl (C=O) groups is 1. The van der Waals surface area contributed by atoms with Gasteiger partial charge in [0.15, 0.2) is 0 Å². The summed E-state index contributed by atoms with van der Waals surface area (Å²) in [5, 5.41) is 2.90. The van der Waals surface area contributed by atoms with Gasteiger partial charge in [-0.2, -0.15) is 0 Å². The predicted octanol–water partition coefficient (Wildman–Crippen LogP) is 2.30. The normalized spacial score (nSPS) is 10.3. The lowest BCUT2D eigenvalue weighted by Crippen LogP contribution is -2.28. The highest BCUT2D eigenvalue weighted by Crippen LogP contribution is 2.12. The van der Waals surface area contributed by atoms with Gasteiger partial charge in [-0.1, -0.05) is 12.1 Å². The maximum Gasteiger partial charge on any atom is 0.270 e. The number of nitrogens with one attached hydrogen (secondary N) is 1. The molecule has 0 atom stereocenters. The van der Waals surface area contributed by atoms with Gasteiger partial charge in [0.1, 0.15) is 23.6 Å². The first-order valence-electron chi connectivity index (χ1n) is 8.16. The van der Waals surface area contributed by atoms with Crippen LogP contribution in [0, 0.1) is 0 Å². The Morgan fingerprint density at radius 1 is 1.17 bits per heavy atom. The van der Waals surface area contributed by atoms with Crippen LogP contribution in [0.4, 0.5) is 5.82 Å². The molecule has 0 unspecified atom stereocenters. The molecule has 0 aliphatic rings. The number of hydrogen-bond donors (Lipinski definition) is 1. The number of ether oxygens (including phenoxy) is 1. The number of carbonyl (C=O) groups excluding carboxylic acids is 1. The van der Waals surface area contributed by atoms with Crippen LogP contribution in [-0.2, 0) is 6.42 Å². The van der Waals surface area contributed by atoms with Gasteiger partial charge >= 0.3 is 0 Å². The van der Waals surface area contributed by atoms with E-state index in [1.165, 1.54) is 6.33 Å². The standard InChI is InChI=1S/C18H24N4O2/c1-4-22(5-2)17-12-16(20-13-21-17)18(23)19-11-10-14-6-8-15(24-3)9-7-14/h6-9,12-13H,4-5,10-11H2,1-3H3,(H,19,23). The van der Waals surface area contributed by atoms with Crippen molar-refractivity contribution < 1.29 is 9.53 Å². The highest BCUT2D eigenvalue weighted by molar-refractivity contribution is 5.92. The number of amides is 1. The molecule has 6 heteroatoms. The molecule has 128 valence electrons. The highest BCUT2D eigenvalue weighted by Gasteiger charge is 2.11. The fourth-order valence-electron chi connectivity index (χ4n) is 2.39. The fourth-order valence-corrected chi connectivity index (χ4v) is 2.39. The van der Waals surface area contributed by atoms with E-state index in [4.69, 9.17) is 4.74 Å². The zero-order valence-corrected chi connectivity index (χ0v) is 14.5. The second kappa shape index (κ2) is 8.86. The predicted molar refractivity (Wildman–Crippen MR) is 94.6 cm³/mol. The largest absolute Gasteiger partial charge is 0.497 e. The van der Waals surface area contributed by atoms with Crippen molar-refractivity contribution in [2.24, 2.45) is 0 Å². The molecular weight excluding hydrogens is 304 g/mol. The summed E-state index contributed by atoms with van der Waals surface area (Å²) >= 11 is 0. The Bertz CT molecular complexity index is 654. The van der Waals surface area contributed by atoms with Crippen LogP contribution >= 0.6 is 0 Å². The summed E-state index contributed by atoms with van der Waals surface area (Å²) in [6.45, 7) is 6.34. The minimum atomic E-state index is -0.181. The van der Waals surface area contributed by atoms with Crippen LogP contribution in [0.5, 0.6) is 5.75 Å². The molecule has 0 fully saturated rings. The number of nitrogens with zero attached hydrogens (tertiary/aromatic N) is 3. The molecule has 1 N–H and O–H groups in total. The molecule has 0 saturated carbocycles. The summed E-state index contributed by atoms with van der Waals surface area (Å²) < 4.78 is 5.13. The van der Waals surface area contributed by atoms with Gasteiger partial charge in [-0.3, -0.25) is 4.79 Å². The Morgan fingerprint density at radius 3 is 2.50 bits per heavy atom. The zero-order valence-electron chi connectivity index (χ0n) is 14.5. The van der Waals surface area contributed by atoms with Crippen LogP contribution in [0.3, 0.4) is 0 Å². The molecule has 6 nitrogen and oxygen atoms in total. The van der Waals surface area contributed by atoms with Crippen molar-refractivity contribution >= 4 is 11.7 Å². The molecule has 2 aromatic rings. The average molecular weight is 328 g/mol. The summed E-state index contributed by atoms with van der Waals surface area (Å²) in [6, 6.07) is 9.55. The smallest absolute Gasteiger partial charge is 0.270 e. The second-order valence-corrected chi connectivity index (χ2v) is 5.29. The molecule has 0 radical (unpaired) electrons. The Labute approximate surface area is 142 Å². The fraction of sp³-hybridized carbons (Fsp3) is 0.389. The van der Waals surface area contributed by atoms with Gasteiger partial charge in [-0.15, -0.1) is 0 Å². The van der Waals surface area contributed by atoms with E-state index in [1.807, 2.05) is 24.3 Å². The summed E-state index contributed by atoms with van der Waals surface area (Å²) in [4.78, 5) is 22.6. The van der Waals surface area contributed by atoms with Gasteiger partial charge in [-0.25, -0.2) is 9.97 Å². The van der Waals surface area contributed by atoms with Crippen molar-refractivity contribution in [3.05, 3.63) is 47.9 Å². The van der Waals surface area contributed by atoms with Crippen molar-refractivity contribution in [2.75, 3.05) is 31.6 Å². The Hall–Kier alpha value is -2.63. The maximum atomic E-state index is 12.2. The van der Waals surface area contributed by atoms with Crippen LogP contribution in [0.15, 0.2) is 36.7 Å². The van der Waals surface area contributed by atoms with Crippen molar-refractivity contribution in [3.63, 3.8) is 0 Å². The van der Waals surface area contributed by atoms with Crippen LogP contribution in [0.1, 0.15) is 29.9 Å². The molecule has 1 amide bonds. The van der Waals surface area contributed by atoms with E-state index >= 15 is 0 Å². The number of aromatic nitrogens is 2. The molecule has 0 aliphatic heterocycles. The van der Waals surface area contributed by atoms with Gasteiger partial charge in [0.25, 0.3) is 5.91 Å². The summed E-state index contributed by atoms with van der Waals surface area (Å²) in [5.74, 6) is 1.42. The van der Waals surface area contributed by atoms with Gasteiger partial charge in [0.05, 0.1) is 7.11 Å². The molecule has 1 aromatic carbocycles. The minimum absolute atomic E-state index is 0.181. The Morgan fingerprint density at radius 2 is 1.88 bits per heavy atom. The first-order valence-corrected chi connectivity index (χ1v) is 8.16. The maximum absolute atomic E-state index is 12.2. The molecule has 0 bridgehead atoms. The molecule has 0 aliphatic carbocycles. The lowest BCUT2D eigenvalue weighted by Gasteiger charge is -2.19. The zero-order chi connectivity index (χ0) is 17.4. The number of rotatable bonds is 8. The number of benzene rings is 1. The van der Waals surface area contributed by atoms with Crippen molar-refractivity contribution in [3.8, 4) is 5.75 Å². The summed E-state index contributed by atoms with van der Waals surface area (Å²) in [6.07, 6.45) is 2.19. The third kappa shape index (κ3) is 4.68. The van der Waals surface area contributed by atoms with E-state index in [-0.39, 0.29) is 5.91 Å². The van der Waals surface area contributed by atoms with Crippen LogP contribution in [-0.4, -0.2) is 42.6 Å². The van der Waals surface area contributed by atoms with E-state index < -0.39 is 0 Å². The van der Waals surface area contributed by atoms with Gasteiger partial charge in [0.2, 0.25) is 0 Å². The summed E-state index contributed by atoms with van der Waals surface area (Å²) in [7, 11) is 1.64. The Kier molecular flexibility index (Phi) is 6.54. The molecule has 1 heterocycles. The number of hydrogen-bond acceptors (Lipinski definition) is 5. The minimum Gasteiger partial charge on any atom is -0.497 e. The van der Waals surface area contributed by atoms with E-state index in [1.54, 1.807) is 13.2 Å². The third-order valence-electron chi connectivity index (χ3n) is 3.83. The van der Waals surface area contributed by atoms with Crippen LogP contribution < -0.4 is 15.0 Å². The van der Waals surface area contributed by atoms with Crippen molar-refractivity contribution in [2.45, 2.75) is 20.3 Å². The molecular formula is C18H24N4O2. The topological polar surface area (TPSA) is 67.4 Å². The third-order valence-corrected chi connectivity index (χ3v) is 3.83. The monoisotopic (exact) mass is 328 g/mol. The number of anilines is 1. The molecule has 1 aromatic heterocycles. The lowest BCUT2D eigenvalue weighted by atomic mass is 10.1. The van der Waals surface area contributed by atoms with Crippen molar-refractivity contribution in [1.82, 2.24) is 15.3 Å². The highest BCUT2D eigenvalue weighted by atomic mass is 16.5.